The standard InChI is InChI=1S/C12H12N2O/c1-8(15)14-11-4-5-12-9(6-11)2-3-10(12)7-13/h4-6,10H,2-3H2,1H3,(H,14,15)/t10-/m0/s1. The fraction of sp³-hybridized carbons (Fsp3) is 0.333. The van der Waals surface area contributed by atoms with Crippen molar-refractivity contribution in [2.45, 2.75) is 25.7 Å². The molecule has 1 aliphatic carbocycles. The molecule has 1 aliphatic rings. The number of carbonyl (C=O) groups excluding carboxylic acids is 1. The topological polar surface area (TPSA) is 52.9 Å². The molecule has 0 spiro atoms. The highest BCUT2D eigenvalue weighted by atomic mass is 16.1. The molecular weight excluding hydrogens is 188 g/mol. The number of aryl methyl sites for hydroxylation is 1. The molecule has 0 saturated carbocycles. The van der Waals surface area contributed by atoms with E-state index in [-0.39, 0.29) is 11.8 Å². The number of nitrogens with one attached hydrogen (secondary N) is 1. The highest BCUT2D eigenvalue weighted by Crippen LogP contribution is 2.33. The van der Waals surface area contributed by atoms with Gasteiger partial charge in [0.05, 0.1) is 12.0 Å². The number of fused-ring (bicyclic) bond motifs is 1. The molecule has 1 N–H and O–H groups in total. The van der Waals surface area contributed by atoms with Gasteiger partial charge in [-0.3, -0.25) is 4.79 Å². The summed E-state index contributed by atoms with van der Waals surface area (Å²) in [5.74, 6) is -0.0313. The first-order valence-corrected chi connectivity index (χ1v) is 5.00. The van der Waals surface area contributed by atoms with Gasteiger partial charge in [0, 0.05) is 12.6 Å². The van der Waals surface area contributed by atoms with Gasteiger partial charge in [0.1, 0.15) is 0 Å². The molecule has 0 fully saturated rings. The molecular formula is C12H12N2O. The smallest absolute Gasteiger partial charge is 0.221 e. The van der Waals surface area contributed by atoms with E-state index in [9.17, 15) is 4.79 Å². The first kappa shape index (κ1) is 9.72. The summed E-state index contributed by atoms with van der Waals surface area (Å²) >= 11 is 0. The Morgan fingerprint density at radius 1 is 1.60 bits per heavy atom. The van der Waals surface area contributed by atoms with Gasteiger partial charge in [0.2, 0.25) is 5.91 Å². The molecule has 1 atom stereocenters. The first-order chi connectivity index (χ1) is 7.20. The van der Waals surface area contributed by atoms with E-state index >= 15 is 0 Å². The van der Waals surface area contributed by atoms with Gasteiger partial charge in [-0.1, -0.05) is 6.07 Å². The van der Waals surface area contributed by atoms with E-state index in [1.54, 1.807) is 0 Å². The molecule has 0 aliphatic heterocycles. The van der Waals surface area contributed by atoms with Gasteiger partial charge in [-0.15, -0.1) is 0 Å². The van der Waals surface area contributed by atoms with Gasteiger partial charge < -0.3 is 5.32 Å². The number of benzene rings is 1. The lowest BCUT2D eigenvalue weighted by atomic mass is 10.0. The van der Waals surface area contributed by atoms with E-state index in [2.05, 4.69) is 11.4 Å². The van der Waals surface area contributed by atoms with Crippen molar-refractivity contribution in [1.29, 1.82) is 5.26 Å². The third kappa shape index (κ3) is 1.84. The minimum atomic E-state index is -0.0650. The fourth-order valence-corrected chi connectivity index (χ4v) is 2.03. The van der Waals surface area contributed by atoms with Crippen molar-refractivity contribution in [2.24, 2.45) is 0 Å². The van der Waals surface area contributed by atoms with Crippen LogP contribution in [0.15, 0.2) is 18.2 Å². The Kier molecular flexibility index (Phi) is 2.42. The molecule has 15 heavy (non-hydrogen) atoms. The second kappa shape index (κ2) is 3.74. The maximum Gasteiger partial charge on any atom is 0.221 e. The molecule has 0 unspecified atom stereocenters. The molecule has 3 nitrogen and oxygen atoms in total. The lowest BCUT2D eigenvalue weighted by Crippen LogP contribution is -2.06. The van der Waals surface area contributed by atoms with E-state index in [0.717, 1.165) is 24.1 Å². The van der Waals surface area contributed by atoms with Crippen molar-refractivity contribution in [1.82, 2.24) is 0 Å². The second-order valence-corrected chi connectivity index (χ2v) is 3.82. The monoisotopic (exact) mass is 200 g/mol. The summed E-state index contributed by atoms with van der Waals surface area (Å²) in [7, 11) is 0. The van der Waals surface area contributed by atoms with Crippen LogP contribution in [0.1, 0.15) is 30.4 Å². The van der Waals surface area contributed by atoms with Gasteiger partial charge >= 0.3 is 0 Å². The highest BCUT2D eigenvalue weighted by molar-refractivity contribution is 5.88. The van der Waals surface area contributed by atoms with Crippen molar-refractivity contribution in [3.8, 4) is 6.07 Å². The molecule has 1 amide bonds. The zero-order chi connectivity index (χ0) is 10.8. The van der Waals surface area contributed by atoms with Crippen molar-refractivity contribution < 1.29 is 4.79 Å². The number of nitriles is 1. The van der Waals surface area contributed by atoms with Gasteiger partial charge in [-0.25, -0.2) is 0 Å². The summed E-state index contributed by atoms with van der Waals surface area (Å²) < 4.78 is 0. The third-order valence-electron chi connectivity index (χ3n) is 2.70. The zero-order valence-corrected chi connectivity index (χ0v) is 8.58. The predicted molar refractivity (Wildman–Crippen MR) is 57.4 cm³/mol. The number of carbonyl (C=O) groups is 1. The fourth-order valence-electron chi connectivity index (χ4n) is 2.03. The molecule has 2 rings (SSSR count). The van der Waals surface area contributed by atoms with E-state index < -0.39 is 0 Å². The summed E-state index contributed by atoms with van der Waals surface area (Å²) in [6, 6.07) is 8.06. The van der Waals surface area contributed by atoms with Crippen LogP contribution in [0.4, 0.5) is 5.69 Å². The van der Waals surface area contributed by atoms with E-state index in [0.29, 0.717) is 0 Å². The normalized spacial score (nSPS) is 18.0. The molecule has 0 bridgehead atoms. The van der Waals surface area contributed by atoms with Gasteiger partial charge in [-0.2, -0.15) is 5.26 Å². The largest absolute Gasteiger partial charge is 0.326 e. The number of amides is 1. The lowest BCUT2D eigenvalue weighted by molar-refractivity contribution is -0.114. The van der Waals surface area contributed by atoms with Gasteiger partial charge in [0.15, 0.2) is 0 Å². The molecule has 1 aromatic carbocycles. The van der Waals surface area contributed by atoms with Crippen LogP contribution < -0.4 is 5.32 Å². The zero-order valence-electron chi connectivity index (χ0n) is 8.58. The highest BCUT2D eigenvalue weighted by Gasteiger charge is 2.21. The molecule has 1 aromatic rings. The Morgan fingerprint density at radius 3 is 3.07 bits per heavy atom. The third-order valence-corrected chi connectivity index (χ3v) is 2.70. The van der Waals surface area contributed by atoms with Crippen molar-refractivity contribution in [3.05, 3.63) is 29.3 Å². The number of nitrogens with zero attached hydrogens (tertiary/aromatic N) is 1. The van der Waals surface area contributed by atoms with Crippen LogP contribution in [0.2, 0.25) is 0 Å². The Balaban J connectivity index is 2.30. The molecule has 0 radical (unpaired) electrons. The molecule has 0 heterocycles. The Bertz CT molecular complexity index is 445. The van der Waals surface area contributed by atoms with Crippen LogP contribution in [-0.2, 0) is 11.2 Å². The van der Waals surface area contributed by atoms with Gasteiger partial charge in [-0.05, 0) is 36.1 Å². The summed E-state index contributed by atoms with van der Waals surface area (Å²) in [6.45, 7) is 1.49. The molecule has 76 valence electrons. The summed E-state index contributed by atoms with van der Waals surface area (Å²) in [5.41, 5.74) is 3.12. The van der Waals surface area contributed by atoms with Crippen molar-refractivity contribution in [2.75, 3.05) is 5.32 Å². The van der Waals surface area contributed by atoms with E-state index in [1.807, 2.05) is 18.2 Å². The number of rotatable bonds is 1. The minimum absolute atomic E-state index is 0.0337. The molecule has 0 aromatic heterocycles. The summed E-state index contributed by atoms with van der Waals surface area (Å²) in [6.07, 6.45) is 1.83. The van der Waals surface area contributed by atoms with Crippen LogP contribution in [0.3, 0.4) is 0 Å². The Labute approximate surface area is 88.7 Å². The average Bonchev–Trinajstić information content (AvgIpc) is 2.58. The number of anilines is 1. The van der Waals surface area contributed by atoms with E-state index in [4.69, 9.17) is 5.26 Å². The van der Waals surface area contributed by atoms with Crippen LogP contribution in [0.25, 0.3) is 0 Å². The molecule has 3 heteroatoms. The molecule has 0 saturated heterocycles. The predicted octanol–water partition coefficient (Wildman–Crippen LogP) is 2.20. The quantitative estimate of drug-likeness (QED) is 0.755. The van der Waals surface area contributed by atoms with Crippen LogP contribution >= 0.6 is 0 Å². The van der Waals surface area contributed by atoms with Gasteiger partial charge in [0.25, 0.3) is 0 Å². The first-order valence-electron chi connectivity index (χ1n) is 5.00. The van der Waals surface area contributed by atoms with E-state index in [1.165, 1.54) is 12.5 Å². The maximum atomic E-state index is 10.9. The van der Waals surface area contributed by atoms with Crippen LogP contribution in [0, 0.1) is 11.3 Å². The van der Waals surface area contributed by atoms with Crippen LogP contribution in [0.5, 0.6) is 0 Å². The Hall–Kier alpha value is -1.82. The summed E-state index contributed by atoms with van der Waals surface area (Å²) in [5, 5.41) is 11.7. The van der Waals surface area contributed by atoms with Crippen molar-refractivity contribution >= 4 is 11.6 Å². The second-order valence-electron chi connectivity index (χ2n) is 3.82. The minimum Gasteiger partial charge on any atom is -0.326 e. The Morgan fingerprint density at radius 2 is 2.40 bits per heavy atom. The lowest BCUT2D eigenvalue weighted by Gasteiger charge is -2.06. The summed E-state index contributed by atoms with van der Waals surface area (Å²) in [4.78, 5) is 10.9. The number of hydrogen-bond acceptors (Lipinski definition) is 2. The number of hydrogen-bond donors (Lipinski definition) is 1. The van der Waals surface area contributed by atoms with Crippen molar-refractivity contribution in [3.63, 3.8) is 0 Å². The van der Waals surface area contributed by atoms with Crippen LogP contribution in [-0.4, -0.2) is 5.91 Å². The average molecular weight is 200 g/mol. The maximum absolute atomic E-state index is 10.9. The SMILES string of the molecule is CC(=O)Nc1ccc2c(c1)CC[C@H]2C#N.